The van der Waals surface area contributed by atoms with Crippen LogP contribution < -0.4 is 0 Å². The fraction of sp³-hybridized carbons (Fsp3) is 0.333. The van der Waals surface area contributed by atoms with Crippen molar-refractivity contribution in [1.82, 2.24) is 0 Å². The zero-order valence-corrected chi connectivity index (χ0v) is 6.49. The van der Waals surface area contributed by atoms with Crippen LogP contribution in [0.1, 0.15) is 17.5 Å². The summed E-state index contributed by atoms with van der Waals surface area (Å²) < 4.78 is 0. The second-order valence-corrected chi connectivity index (χ2v) is 3.14. The first kappa shape index (κ1) is 6.23. The van der Waals surface area contributed by atoms with Gasteiger partial charge in [0.05, 0.1) is 0 Å². The molecule has 1 aromatic carbocycles. The maximum atomic E-state index is 5.97. The van der Waals surface area contributed by atoms with E-state index in [-0.39, 0.29) is 0 Å². The molecule has 0 saturated heterocycles. The van der Waals surface area contributed by atoms with Gasteiger partial charge < -0.3 is 0 Å². The molecule has 2 rings (SSSR count). The molecule has 0 N–H and O–H groups in total. The smallest absolute Gasteiger partial charge is 0.0440 e. The lowest BCUT2D eigenvalue weighted by Crippen LogP contribution is -1.80. The Labute approximate surface area is 65.8 Å². The lowest BCUT2D eigenvalue weighted by molar-refractivity contribution is 0.912. The Morgan fingerprint density at radius 1 is 1.20 bits per heavy atom. The lowest BCUT2D eigenvalue weighted by atomic mass is 10.1. The summed E-state index contributed by atoms with van der Waals surface area (Å²) in [6.45, 7) is 0. The van der Waals surface area contributed by atoms with Crippen LogP contribution in [0.3, 0.4) is 0 Å². The number of aryl methyl sites for hydroxylation is 1. The molecule has 10 heavy (non-hydrogen) atoms. The van der Waals surface area contributed by atoms with E-state index in [1.54, 1.807) is 0 Å². The van der Waals surface area contributed by atoms with Crippen molar-refractivity contribution in [2.45, 2.75) is 19.3 Å². The molecule has 0 fully saturated rings. The summed E-state index contributed by atoms with van der Waals surface area (Å²) in [6.07, 6.45) is 3.67. The maximum absolute atomic E-state index is 5.97. The number of fused-ring (bicyclic) bond motifs is 1. The first-order chi connectivity index (χ1) is 4.88. The molecule has 1 heteroatoms. The van der Waals surface area contributed by atoms with Gasteiger partial charge >= 0.3 is 0 Å². The molecule has 0 bridgehead atoms. The van der Waals surface area contributed by atoms with Gasteiger partial charge in [-0.1, -0.05) is 23.7 Å². The molecule has 0 spiro atoms. The minimum absolute atomic E-state index is 0.954. The van der Waals surface area contributed by atoms with Crippen LogP contribution in [0.5, 0.6) is 0 Å². The van der Waals surface area contributed by atoms with Crippen molar-refractivity contribution in [2.24, 2.45) is 0 Å². The highest BCUT2D eigenvalue weighted by Gasteiger charge is 2.11. The molecule has 0 saturated carbocycles. The largest absolute Gasteiger partial charge is 0.0840 e. The molecule has 0 nitrogen and oxygen atoms in total. The predicted molar refractivity (Wildman–Crippen MR) is 43.5 cm³/mol. The number of hydrogen-bond donors (Lipinski definition) is 0. The summed E-state index contributed by atoms with van der Waals surface area (Å²) in [6, 6.07) is 6.19. The van der Waals surface area contributed by atoms with Gasteiger partial charge in [-0.15, -0.1) is 0 Å². The third-order valence-electron chi connectivity index (χ3n) is 2.09. The fourth-order valence-electron chi connectivity index (χ4n) is 1.57. The van der Waals surface area contributed by atoms with Crippen molar-refractivity contribution in [1.29, 1.82) is 0 Å². The van der Waals surface area contributed by atoms with Gasteiger partial charge in [0.15, 0.2) is 0 Å². The molecule has 1 aliphatic carbocycles. The van der Waals surface area contributed by atoms with Gasteiger partial charge in [0, 0.05) is 5.02 Å². The van der Waals surface area contributed by atoms with E-state index in [1.165, 1.54) is 30.4 Å². The Bertz CT molecular complexity index is 253. The Morgan fingerprint density at radius 2 is 2.10 bits per heavy atom. The highest BCUT2D eigenvalue weighted by atomic mass is 35.5. The molecule has 0 atom stereocenters. The number of halogens is 1. The van der Waals surface area contributed by atoms with Gasteiger partial charge in [0.2, 0.25) is 0 Å². The van der Waals surface area contributed by atoms with Gasteiger partial charge in [-0.3, -0.25) is 0 Å². The summed E-state index contributed by atoms with van der Waals surface area (Å²) in [4.78, 5) is 0. The average molecular weight is 153 g/mol. The zero-order valence-electron chi connectivity index (χ0n) is 5.73. The molecular weight excluding hydrogens is 144 g/mol. The first-order valence-electron chi connectivity index (χ1n) is 3.64. The van der Waals surface area contributed by atoms with Crippen LogP contribution in [0.2, 0.25) is 5.02 Å². The summed E-state index contributed by atoms with van der Waals surface area (Å²) in [5, 5.41) is 0.954. The van der Waals surface area contributed by atoms with Crippen LogP contribution in [0.25, 0.3) is 0 Å². The van der Waals surface area contributed by atoms with E-state index in [9.17, 15) is 0 Å². The van der Waals surface area contributed by atoms with Crippen molar-refractivity contribution in [3.63, 3.8) is 0 Å². The third-order valence-corrected chi connectivity index (χ3v) is 2.44. The van der Waals surface area contributed by atoms with E-state index in [1.807, 2.05) is 12.1 Å². The molecule has 0 aliphatic heterocycles. The molecule has 52 valence electrons. The normalized spacial score (nSPS) is 15.3. The van der Waals surface area contributed by atoms with E-state index in [2.05, 4.69) is 6.07 Å². The highest BCUT2D eigenvalue weighted by Crippen LogP contribution is 2.27. The molecule has 0 aromatic heterocycles. The van der Waals surface area contributed by atoms with E-state index in [0.717, 1.165) is 5.02 Å². The zero-order chi connectivity index (χ0) is 6.97. The van der Waals surface area contributed by atoms with Crippen LogP contribution in [-0.2, 0) is 12.8 Å². The van der Waals surface area contributed by atoms with Gasteiger partial charge in [-0.2, -0.15) is 0 Å². The van der Waals surface area contributed by atoms with E-state index in [0.29, 0.717) is 0 Å². The quantitative estimate of drug-likeness (QED) is 0.536. The molecule has 1 aliphatic rings. The minimum Gasteiger partial charge on any atom is -0.0840 e. The second kappa shape index (κ2) is 2.28. The highest BCUT2D eigenvalue weighted by molar-refractivity contribution is 6.31. The van der Waals surface area contributed by atoms with Crippen LogP contribution in [0.15, 0.2) is 18.2 Å². The van der Waals surface area contributed by atoms with Crippen LogP contribution in [0.4, 0.5) is 0 Å². The maximum Gasteiger partial charge on any atom is 0.0440 e. The Balaban J connectivity index is 2.59. The van der Waals surface area contributed by atoms with Gasteiger partial charge in [0.1, 0.15) is 0 Å². The fourth-order valence-corrected chi connectivity index (χ4v) is 1.86. The van der Waals surface area contributed by atoms with Crippen LogP contribution >= 0.6 is 11.6 Å². The average Bonchev–Trinajstić information content (AvgIpc) is 2.36. The van der Waals surface area contributed by atoms with Gasteiger partial charge in [-0.25, -0.2) is 0 Å². The van der Waals surface area contributed by atoms with Gasteiger partial charge in [-0.05, 0) is 36.5 Å². The SMILES string of the molecule is Clc1cccc2c1CCC2. The van der Waals surface area contributed by atoms with Crippen molar-refractivity contribution in [3.05, 3.63) is 34.3 Å². The van der Waals surface area contributed by atoms with Crippen molar-refractivity contribution >= 4 is 11.6 Å². The Morgan fingerprint density at radius 3 is 2.90 bits per heavy atom. The van der Waals surface area contributed by atoms with Crippen molar-refractivity contribution in [2.75, 3.05) is 0 Å². The minimum atomic E-state index is 0.954. The van der Waals surface area contributed by atoms with Crippen LogP contribution in [-0.4, -0.2) is 0 Å². The monoisotopic (exact) mass is 152 g/mol. The van der Waals surface area contributed by atoms with Crippen LogP contribution in [0, 0.1) is 0 Å². The molecule has 1 aromatic rings. The van der Waals surface area contributed by atoms with E-state index >= 15 is 0 Å². The Kier molecular flexibility index (Phi) is 1.42. The molecule has 0 unspecified atom stereocenters. The predicted octanol–water partition coefficient (Wildman–Crippen LogP) is 2.83. The summed E-state index contributed by atoms with van der Waals surface area (Å²) in [7, 11) is 0. The standard InChI is InChI=1S/C9H9Cl/c10-9-6-2-4-7-3-1-5-8(7)9/h2,4,6H,1,3,5H2. The summed E-state index contributed by atoms with van der Waals surface area (Å²) in [5.74, 6) is 0. The first-order valence-corrected chi connectivity index (χ1v) is 4.02. The number of rotatable bonds is 0. The van der Waals surface area contributed by atoms with Crippen molar-refractivity contribution in [3.8, 4) is 0 Å². The van der Waals surface area contributed by atoms with E-state index in [4.69, 9.17) is 11.6 Å². The number of benzene rings is 1. The number of hydrogen-bond acceptors (Lipinski definition) is 0. The molecular formula is C9H9Cl. The summed E-state index contributed by atoms with van der Waals surface area (Å²) in [5.41, 5.74) is 2.83. The molecule has 0 heterocycles. The molecule has 0 radical (unpaired) electrons. The second-order valence-electron chi connectivity index (χ2n) is 2.73. The molecule has 0 amide bonds. The third kappa shape index (κ3) is 0.836. The van der Waals surface area contributed by atoms with Gasteiger partial charge in [0.25, 0.3) is 0 Å². The van der Waals surface area contributed by atoms with Crippen molar-refractivity contribution < 1.29 is 0 Å². The topological polar surface area (TPSA) is 0 Å². The van der Waals surface area contributed by atoms with E-state index < -0.39 is 0 Å². The summed E-state index contributed by atoms with van der Waals surface area (Å²) >= 11 is 5.97. The lowest BCUT2D eigenvalue weighted by Gasteiger charge is -1.98. The Hall–Kier alpha value is -0.490.